The van der Waals surface area contributed by atoms with Crippen LogP contribution in [0.25, 0.3) is 0 Å². The molecule has 5 heteroatoms. The Kier molecular flexibility index (Phi) is 4.29. The van der Waals surface area contributed by atoms with Crippen molar-refractivity contribution in [3.05, 3.63) is 29.6 Å². The highest BCUT2D eigenvalue weighted by Gasteiger charge is 2.27. The third-order valence-corrected chi connectivity index (χ3v) is 3.38. The van der Waals surface area contributed by atoms with Crippen molar-refractivity contribution in [3.63, 3.8) is 0 Å². The maximum Gasteiger partial charge on any atom is 0.354 e. The first-order chi connectivity index (χ1) is 8.64. The van der Waals surface area contributed by atoms with Gasteiger partial charge in [0.05, 0.1) is 5.56 Å². The van der Waals surface area contributed by atoms with Crippen LogP contribution in [0.2, 0.25) is 0 Å². The van der Waals surface area contributed by atoms with Gasteiger partial charge in [-0.25, -0.2) is 9.78 Å². The molecule has 0 aliphatic heterocycles. The van der Waals surface area contributed by atoms with Gasteiger partial charge in [-0.05, 0) is 24.5 Å². The quantitative estimate of drug-likeness (QED) is 0.909. The first-order valence-corrected chi connectivity index (χ1v) is 6.11. The minimum atomic E-state index is -1.10. The van der Waals surface area contributed by atoms with Gasteiger partial charge in [-0.3, -0.25) is 4.79 Å². The zero-order valence-corrected chi connectivity index (χ0v) is 12.0. The van der Waals surface area contributed by atoms with E-state index in [9.17, 15) is 9.59 Å². The van der Waals surface area contributed by atoms with Gasteiger partial charge in [0.15, 0.2) is 0 Å². The molecule has 1 aromatic rings. The van der Waals surface area contributed by atoms with Gasteiger partial charge in [-0.15, -0.1) is 0 Å². The monoisotopic (exact) mass is 264 g/mol. The van der Waals surface area contributed by atoms with E-state index in [1.807, 2.05) is 6.92 Å². The molecule has 1 heterocycles. The molecule has 0 spiro atoms. The van der Waals surface area contributed by atoms with Gasteiger partial charge in [0.2, 0.25) is 0 Å². The van der Waals surface area contributed by atoms with Gasteiger partial charge < -0.3 is 10.0 Å². The second-order valence-corrected chi connectivity index (χ2v) is 5.70. The van der Waals surface area contributed by atoms with Gasteiger partial charge in [0.1, 0.15) is 5.69 Å². The second kappa shape index (κ2) is 5.38. The summed E-state index contributed by atoms with van der Waals surface area (Å²) in [5.74, 6) is -1.26. The highest BCUT2D eigenvalue weighted by Crippen LogP contribution is 2.24. The minimum Gasteiger partial charge on any atom is -0.477 e. The first-order valence-electron chi connectivity index (χ1n) is 6.11. The van der Waals surface area contributed by atoms with E-state index >= 15 is 0 Å². The van der Waals surface area contributed by atoms with Crippen molar-refractivity contribution in [2.24, 2.45) is 5.41 Å². The van der Waals surface area contributed by atoms with Crippen molar-refractivity contribution in [1.29, 1.82) is 0 Å². The molecule has 0 saturated heterocycles. The number of aromatic carboxylic acids is 1. The maximum atomic E-state index is 12.3. The number of carboxylic acid groups (broad SMARTS) is 1. The van der Waals surface area contributed by atoms with Crippen LogP contribution < -0.4 is 0 Å². The Labute approximate surface area is 113 Å². The van der Waals surface area contributed by atoms with Crippen LogP contribution in [0.3, 0.4) is 0 Å². The van der Waals surface area contributed by atoms with Gasteiger partial charge in [-0.2, -0.15) is 0 Å². The Morgan fingerprint density at radius 2 is 1.89 bits per heavy atom. The molecule has 1 amide bonds. The van der Waals surface area contributed by atoms with Crippen LogP contribution in [0, 0.1) is 5.41 Å². The van der Waals surface area contributed by atoms with Gasteiger partial charge in [-0.1, -0.05) is 20.8 Å². The fourth-order valence-electron chi connectivity index (χ4n) is 1.61. The fraction of sp³-hybridized carbons (Fsp3) is 0.500. The molecule has 0 bridgehead atoms. The summed E-state index contributed by atoms with van der Waals surface area (Å²) >= 11 is 0. The molecule has 1 unspecified atom stereocenters. The van der Waals surface area contributed by atoms with Crippen LogP contribution in [0.1, 0.15) is 48.5 Å². The number of pyridine rings is 1. The number of nitrogens with zero attached hydrogens (tertiary/aromatic N) is 2. The lowest BCUT2D eigenvalue weighted by Crippen LogP contribution is -2.43. The van der Waals surface area contributed by atoms with E-state index in [0.29, 0.717) is 5.56 Å². The molecule has 104 valence electrons. The van der Waals surface area contributed by atoms with Gasteiger partial charge in [0.25, 0.3) is 5.91 Å². The lowest BCUT2D eigenvalue weighted by molar-refractivity contribution is 0.0626. The Bertz CT molecular complexity index is 474. The summed E-state index contributed by atoms with van der Waals surface area (Å²) in [6.07, 6.45) is 1.30. The smallest absolute Gasteiger partial charge is 0.354 e. The fourth-order valence-corrected chi connectivity index (χ4v) is 1.61. The zero-order valence-electron chi connectivity index (χ0n) is 12.0. The molecule has 0 aliphatic carbocycles. The van der Waals surface area contributed by atoms with Crippen molar-refractivity contribution in [2.75, 3.05) is 7.05 Å². The Balaban J connectivity index is 2.91. The predicted molar refractivity (Wildman–Crippen MR) is 72.2 cm³/mol. The molecule has 0 aliphatic rings. The third kappa shape index (κ3) is 3.53. The van der Waals surface area contributed by atoms with E-state index in [0.717, 1.165) is 0 Å². The normalized spacial score (nSPS) is 12.9. The molecule has 1 N–H and O–H groups in total. The van der Waals surface area contributed by atoms with E-state index < -0.39 is 5.97 Å². The van der Waals surface area contributed by atoms with Crippen LogP contribution in [-0.4, -0.2) is 40.0 Å². The third-order valence-electron chi connectivity index (χ3n) is 3.38. The van der Waals surface area contributed by atoms with Gasteiger partial charge in [0, 0.05) is 19.3 Å². The van der Waals surface area contributed by atoms with Crippen molar-refractivity contribution in [3.8, 4) is 0 Å². The SMILES string of the molecule is CC(N(C)C(=O)c1ccc(C(=O)O)nc1)C(C)(C)C. The number of aromatic nitrogens is 1. The highest BCUT2D eigenvalue weighted by atomic mass is 16.4. The summed E-state index contributed by atoms with van der Waals surface area (Å²) in [4.78, 5) is 28.4. The van der Waals surface area contributed by atoms with Crippen molar-refractivity contribution >= 4 is 11.9 Å². The average Bonchev–Trinajstić information content (AvgIpc) is 2.35. The van der Waals surface area contributed by atoms with Crippen molar-refractivity contribution in [1.82, 2.24) is 9.88 Å². The van der Waals surface area contributed by atoms with Crippen LogP contribution in [0.4, 0.5) is 0 Å². The van der Waals surface area contributed by atoms with E-state index in [1.54, 1.807) is 11.9 Å². The summed E-state index contributed by atoms with van der Waals surface area (Å²) in [6, 6.07) is 2.88. The molecule has 0 saturated carbocycles. The second-order valence-electron chi connectivity index (χ2n) is 5.70. The summed E-state index contributed by atoms with van der Waals surface area (Å²) in [5, 5.41) is 8.76. The number of hydrogen-bond acceptors (Lipinski definition) is 3. The summed E-state index contributed by atoms with van der Waals surface area (Å²) < 4.78 is 0. The summed E-state index contributed by atoms with van der Waals surface area (Å²) in [5.41, 5.74) is 0.297. The van der Waals surface area contributed by atoms with E-state index in [4.69, 9.17) is 5.11 Å². The lowest BCUT2D eigenvalue weighted by Gasteiger charge is -2.35. The van der Waals surface area contributed by atoms with Crippen LogP contribution >= 0.6 is 0 Å². The number of carbonyl (C=O) groups is 2. The number of rotatable bonds is 3. The van der Waals surface area contributed by atoms with Crippen LogP contribution in [-0.2, 0) is 0 Å². The molecular weight excluding hydrogens is 244 g/mol. The molecule has 19 heavy (non-hydrogen) atoms. The van der Waals surface area contributed by atoms with E-state index in [1.165, 1.54) is 18.3 Å². The Morgan fingerprint density at radius 1 is 1.32 bits per heavy atom. The lowest BCUT2D eigenvalue weighted by atomic mass is 9.87. The van der Waals surface area contributed by atoms with Crippen molar-refractivity contribution in [2.45, 2.75) is 33.7 Å². The van der Waals surface area contributed by atoms with Crippen LogP contribution in [0.5, 0.6) is 0 Å². The van der Waals surface area contributed by atoms with Crippen LogP contribution in [0.15, 0.2) is 18.3 Å². The minimum absolute atomic E-state index is 0.0289. The maximum absolute atomic E-state index is 12.3. The van der Waals surface area contributed by atoms with Crippen molar-refractivity contribution < 1.29 is 14.7 Å². The van der Waals surface area contributed by atoms with E-state index in [2.05, 4.69) is 25.8 Å². The highest BCUT2D eigenvalue weighted by molar-refractivity contribution is 5.95. The standard InChI is InChI=1S/C14H20N2O3/c1-9(14(2,3)4)16(5)12(17)10-6-7-11(13(18)19)15-8-10/h6-9H,1-5H3,(H,18,19). The summed E-state index contributed by atoms with van der Waals surface area (Å²) in [6.45, 7) is 8.17. The molecule has 5 nitrogen and oxygen atoms in total. The molecule has 0 fully saturated rings. The number of carbonyl (C=O) groups excluding carboxylic acids is 1. The first kappa shape index (κ1) is 15.1. The molecule has 1 rings (SSSR count). The molecular formula is C14H20N2O3. The average molecular weight is 264 g/mol. The molecule has 1 atom stereocenters. The zero-order chi connectivity index (χ0) is 14.8. The molecule has 0 radical (unpaired) electrons. The molecule has 1 aromatic heterocycles. The largest absolute Gasteiger partial charge is 0.477 e. The molecule has 0 aromatic carbocycles. The number of amides is 1. The number of hydrogen-bond donors (Lipinski definition) is 1. The Morgan fingerprint density at radius 3 is 2.26 bits per heavy atom. The Hall–Kier alpha value is -1.91. The number of carboxylic acids is 1. The predicted octanol–water partition coefficient (Wildman–Crippen LogP) is 2.29. The summed E-state index contributed by atoms with van der Waals surface area (Å²) in [7, 11) is 1.74. The van der Waals surface area contributed by atoms with Gasteiger partial charge >= 0.3 is 5.97 Å². The van der Waals surface area contributed by atoms with E-state index in [-0.39, 0.29) is 23.1 Å². The topological polar surface area (TPSA) is 70.5 Å².